The van der Waals surface area contributed by atoms with Gasteiger partial charge in [0.25, 0.3) is 0 Å². The summed E-state index contributed by atoms with van der Waals surface area (Å²) in [6.45, 7) is 3.74. The van der Waals surface area contributed by atoms with Crippen LogP contribution in [0, 0.1) is 0 Å². The highest BCUT2D eigenvalue weighted by Crippen LogP contribution is 2.27. The second kappa shape index (κ2) is 7.77. The lowest BCUT2D eigenvalue weighted by Crippen LogP contribution is -2.47. The minimum atomic E-state index is -0.644. The quantitative estimate of drug-likeness (QED) is 0.897. The topological polar surface area (TPSA) is 35.9 Å². The van der Waals surface area contributed by atoms with Gasteiger partial charge < -0.3 is 14.7 Å². The van der Waals surface area contributed by atoms with Gasteiger partial charge in [0.1, 0.15) is 0 Å². The Morgan fingerprint density at radius 2 is 2.19 bits per heavy atom. The van der Waals surface area contributed by atoms with E-state index in [0.29, 0.717) is 28.8 Å². The molecule has 0 radical (unpaired) electrons. The van der Waals surface area contributed by atoms with E-state index in [1.165, 1.54) is 0 Å². The molecule has 0 aliphatic carbocycles. The Bertz CT molecular complexity index is 471. The van der Waals surface area contributed by atoms with Crippen LogP contribution >= 0.6 is 23.2 Å². The van der Waals surface area contributed by atoms with Gasteiger partial charge in [0.05, 0.1) is 18.8 Å². The highest BCUT2D eigenvalue weighted by Gasteiger charge is 2.24. The van der Waals surface area contributed by atoms with Crippen molar-refractivity contribution in [3.8, 4) is 0 Å². The van der Waals surface area contributed by atoms with Crippen molar-refractivity contribution >= 4 is 23.2 Å². The summed E-state index contributed by atoms with van der Waals surface area (Å²) < 4.78 is 5.74. The van der Waals surface area contributed by atoms with Crippen LogP contribution in [0.5, 0.6) is 0 Å². The van der Waals surface area contributed by atoms with E-state index in [0.717, 1.165) is 19.6 Å². The molecule has 0 spiro atoms. The van der Waals surface area contributed by atoms with Gasteiger partial charge in [-0.25, -0.2) is 0 Å². The number of β-amino-alcohol motifs (C(OH)–C–C–N with tert-alkyl or cyclic N) is 1. The van der Waals surface area contributed by atoms with Gasteiger partial charge in [-0.1, -0.05) is 23.2 Å². The molecule has 0 unspecified atom stereocenters. The zero-order valence-corrected chi connectivity index (χ0v) is 13.9. The molecule has 118 valence electrons. The Balaban J connectivity index is 1.95. The summed E-state index contributed by atoms with van der Waals surface area (Å²) >= 11 is 12.1. The average molecular weight is 333 g/mol. The largest absolute Gasteiger partial charge is 0.387 e. The number of morpholine rings is 1. The van der Waals surface area contributed by atoms with E-state index >= 15 is 0 Å². The lowest BCUT2D eigenvalue weighted by molar-refractivity contribution is -0.0488. The Morgan fingerprint density at radius 3 is 2.90 bits per heavy atom. The third kappa shape index (κ3) is 5.09. The van der Waals surface area contributed by atoms with Crippen molar-refractivity contribution in [2.45, 2.75) is 12.2 Å². The summed E-state index contributed by atoms with van der Waals surface area (Å²) in [7, 11) is 4.06. The van der Waals surface area contributed by atoms with Gasteiger partial charge in [-0.3, -0.25) is 4.90 Å². The van der Waals surface area contributed by atoms with E-state index < -0.39 is 6.10 Å². The first-order chi connectivity index (χ1) is 9.95. The molecule has 1 heterocycles. The molecule has 1 aliphatic heterocycles. The number of benzene rings is 1. The van der Waals surface area contributed by atoms with Crippen molar-refractivity contribution in [1.82, 2.24) is 9.80 Å². The van der Waals surface area contributed by atoms with Gasteiger partial charge in [0.2, 0.25) is 0 Å². The summed E-state index contributed by atoms with van der Waals surface area (Å²) in [6.07, 6.45) is -0.468. The lowest BCUT2D eigenvalue weighted by atomic mass is 10.1. The van der Waals surface area contributed by atoms with Crippen molar-refractivity contribution in [3.63, 3.8) is 0 Å². The first-order valence-corrected chi connectivity index (χ1v) is 7.83. The summed E-state index contributed by atoms with van der Waals surface area (Å²) in [5.41, 5.74) is 0.680. The second-order valence-electron chi connectivity index (χ2n) is 5.70. The number of nitrogens with zero attached hydrogens (tertiary/aromatic N) is 2. The van der Waals surface area contributed by atoms with Gasteiger partial charge >= 0.3 is 0 Å². The summed E-state index contributed by atoms with van der Waals surface area (Å²) in [4.78, 5) is 4.32. The molecule has 4 nitrogen and oxygen atoms in total. The van der Waals surface area contributed by atoms with E-state index in [1.54, 1.807) is 18.2 Å². The van der Waals surface area contributed by atoms with Crippen LogP contribution in [0.25, 0.3) is 0 Å². The first kappa shape index (κ1) is 17.0. The monoisotopic (exact) mass is 332 g/mol. The average Bonchev–Trinajstić information content (AvgIpc) is 2.41. The zero-order valence-electron chi connectivity index (χ0n) is 12.4. The number of hydrogen-bond donors (Lipinski definition) is 1. The molecule has 1 fully saturated rings. The van der Waals surface area contributed by atoms with E-state index in [9.17, 15) is 5.11 Å². The van der Waals surface area contributed by atoms with Crippen LogP contribution < -0.4 is 0 Å². The fraction of sp³-hybridized carbons (Fsp3) is 0.600. The number of halogens is 2. The molecule has 2 atom stereocenters. The molecule has 0 bridgehead atoms. The Kier molecular flexibility index (Phi) is 6.29. The van der Waals surface area contributed by atoms with Crippen molar-refractivity contribution in [2.24, 2.45) is 0 Å². The normalized spacial score (nSPS) is 21.7. The molecule has 2 rings (SSSR count). The van der Waals surface area contributed by atoms with Crippen LogP contribution in [0.15, 0.2) is 18.2 Å². The van der Waals surface area contributed by atoms with E-state index in [-0.39, 0.29) is 6.10 Å². The van der Waals surface area contributed by atoms with Crippen molar-refractivity contribution in [3.05, 3.63) is 33.8 Å². The number of aliphatic hydroxyl groups is 1. The SMILES string of the molecule is CN(C)C[C@@H]1CN(C[C@H](O)c2cc(Cl)ccc2Cl)CCO1. The number of rotatable bonds is 5. The minimum absolute atomic E-state index is 0.177. The molecule has 6 heteroatoms. The van der Waals surface area contributed by atoms with Gasteiger partial charge in [-0.15, -0.1) is 0 Å². The lowest BCUT2D eigenvalue weighted by Gasteiger charge is -2.35. The number of ether oxygens (including phenoxy) is 1. The van der Waals surface area contributed by atoms with Crippen LogP contribution in [0.2, 0.25) is 10.0 Å². The minimum Gasteiger partial charge on any atom is -0.387 e. The number of hydrogen-bond acceptors (Lipinski definition) is 4. The fourth-order valence-electron chi connectivity index (χ4n) is 2.58. The Hall–Kier alpha value is -0.360. The maximum absolute atomic E-state index is 10.4. The van der Waals surface area contributed by atoms with Crippen LogP contribution in [-0.2, 0) is 4.74 Å². The van der Waals surface area contributed by atoms with Gasteiger partial charge in [-0.05, 0) is 32.3 Å². The number of likely N-dealkylation sites (N-methyl/N-ethyl adjacent to an activating group) is 1. The predicted molar refractivity (Wildman–Crippen MR) is 86.2 cm³/mol. The molecule has 1 N–H and O–H groups in total. The maximum Gasteiger partial charge on any atom is 0.0931 e. The molecule has 1 aromatic rings. The molecule has 1 aromatic carbocycles. The second-order valence-corrected chi connectivity index (χ2v) is 6.54. The van der Waals surface area contributed by atoms with Crippen LogP contribution in [0.4, 0.5) is 0 Å². The van der Waals surface area contributed by atoms with Gasteiger partial charge in [-0.2, -0.15) is 0 Å². The highest BCUT2D eigenvalue weighted by molar-refractivity contribution is 6.33. The van der Waals surface area contributed by atoms with Crippen LogP contribution in [0.3, 0.4) is 0 Å². The molecular weight excluding hydrogens is 311 g/mol. The summed E-state index contributed by atoms with van der Waals surface area (Å²) in [5.74, 6) is 0. The van der Waals surface area contributed by atoms with Crippen LogP contribution in [0.1, 0.15) is 11.7 Å². The molecule has 0 saturated carbocycles. The van der Waals surface area contributed by atoms with E-state index in [4.69, 9.17) is 27.9 Å². The molecule has 1 saturated heterocycles. The summed E-state index contributed by atoms with van der Waals surface area (Å²) in [6, 6.07) is 5.17. The molecule has 0 amide bonds. The molecule has 0 aromatic heterocycles. The smallest absolute Gasteiger partial charge is 0.0931 e. The zero-order chi connectivity index (χ0) is 15.4. The van der Waals surface area contributed by atoms with Crippen molar-refractivity contribution in [2.75, 3.05) is 46.9 Å². The van der Waals surface area contributed by atoms with Gasteiger partial charge in [0.15, 0.2) is 0 Å². The molecule has 21 heavy (non-hydrogen) atoms. The van der Waals surface area contributed by atoms with E-state index in [2.05, 4.69) is 9.80 Å². The molecule has 1 aliphatic rings. The van der Waals surface area contributed by atoms with Gasteiger partial charge in [0, 0.05) is 41.8 Å². The Morgan fingerprint density at radius 1 is 1.43 bits per heavy atom. The third-order valence-corrected chi connectivity index (χ3v) is 4.12. The van der Waals surface area contributed by atoms with Crippen LogP contribution in [-0.4, -0.2) is 67.9 Å². The molecular formula is C15H22Cl2N2O2. The summed E-state index contributed by atoms with van der Waals surface area (Å²) in [5, 5.41) is 11.5. The first-order valence-electron chi connectivity index (χ1n) is 7.07. The maximum atomic E-state index is 10.4. The third-order valence-electron chi connectivity index (χ3n) is 3.54. The number of aliphatic hydroxyl groups excluding tert-OH is 1. The standard InChI is InChI=1S/C15H22Cl2N2O2/c1-18(2)8-12-9-19(5-6-21-12)10-15(20)13-7-11(16)3-4-14(13)17/h3-4,7,12,15,20H,5-6,8-10H2,1-2H3/t12-,15+/m1/s1. The predicted octanol–water partition coefficient (Wildman–Crippen LogP) is 2.29. The van der Waals surface area contributed by atoms with E-state index in [1.807, 2.05) is 14.1 Å². The van der Waals surface area contributed by atoms with Crippen molar-refractivity contribution < 1.29 is 9.84 Å². The Labute approximate surface area is 136 Å². The highest BCUT2D eigenvalue weighted by atomic mass is 35.5. The van der Waals surface area contributed by atoms with Crippen molar-refractivity contribution in [1.29, 1.82) is 0 Å². The fourth-order valence-corrected chi connectivity index (χ4v) is 3.00.